The quantitative estimate of drug-likeness (QED) is 0.894. The van der Waals surface area contributed by atoms with E-state index in [9.17, 15) is 0 Å². The van der Waals surface area contributed by atoms with Gasteiger partial charge in [-0.25, -0.2) is 4.68 Å². The van der Waals surface area contributed by atoms with Gasteiger partial charge in [0.05, 0.1) is 12.2 Å². The van der Waals surface area contributed by atoms with E-state index in [1.807, 2.05) is 19.1 Å². The van der Waals surface area contributed by atoms with Crippen LogP contribution in [0, 0.1) is 20.8 Å². The van der Waals surface area contributed by atoms with E-state index in [1.165, 1.54) is 11.1 Å². The number of anilines is 1. The average Bonchev–Trinajstić information content (AvgIpc) is 2.59. The van der Waals surface area contributed by atoms with Gasteiger partial charge in [-0.1, -0.05) is 11.3 Å². The maximum atomic E-state index is 5.71. The molecular weight excluding hydrogens is 228 g/mol. The highest BCUT2D eigenvalue weighted by Gasteiger charge is 2.04. The lowest BCUT2D eigenvalue weighted by Crippen LogP contribution is -2.11. The Balaban J connectivity index is 1.94. The lowest BCUT2D eigenvalue weighted by molar-refractivity contribution is 0.288. The van der Waals surface area contributed by atoms with Crippen LogP contribution < -0.4 is 10.5 Å². The summed E-state index contributed by atoms with van der Waals surface area (Å²) in [6, 6.07) is 6.17. The van der Waals surface area contributed by atoms with Crippen LogP contribution in [0.5, 0.6) is 5.75 Å². The number of nitrogens with zero attached hydrogens (tertiary/aromatic N) is 3. The highest BCUT2D eigenvalue weighted by atomic mass is 16.5. The molecule has 2 aromatic rings. The first-order valence-corrected chi connectivity index (χ1v) is 5.93. The standard InChI is InChI=1S/C13H18N4O/c1-9-6-10(2)8-12(7-9)18-5-4-17-11(3)13(14)15-16-17/h6-8H,4-5,14H2,1-3H3. The van der Waals surface area contributed by atoms with Crippen LogP contribution in [-0.2, 0) is 6.54 Å². The maximum absolute atomic E-state index is 5.71. The van der Waals surface area contributed by atoms with Crippen molar-refractivity contribution < 1.29 is 4.74 Å². The predicted molar refractivity (Wildman–Crippen MR) is 70.6 cm³/mol. The zero-order valence-electron chi connectivity index (χ0n) is 11.0. The van der Waals surface area contributed by atoms with E-state index >= 15 is 0 Å². The van der Waals surface area contributed by atoms with Crippen molar-refractivity contribution >= 4 is 5.82 Å². The Hall–Kier alpha value is -2.04. The molecule has 0 unspecified atom stereocenters. The first-order valence-electron chi connectivity index (χ1n) is 5.93. The molecule has 96 valence electrons. The molecule has 1 aromatic carbocycles. The molecule has 0 radical (unpaired) electrons. The Morgan fingerprint density at radius 3 is 2.39 bits per heavy atom. The van der Waals surface area contributed by atoms with Gasteiger partial charge in [-0.15, -0.1) is 5.10 Å². The van der Waals surface area contributed by atoms with Crippen LogP contribution in [0.15, 0.2) is 18.2 Å². The number of rotatable bonds is 4. The summed E-state index contributed by atoms with van der Waals surface area (Å²) < 4.78 is 7.45. The maximum Gasteiger partial charge on any atom is 0.168 e. The molecule has 0 saturated heterocycles. The van der Waals surface area contributed by atoms with Crippen LogP contribution in [0.1, 0.15) is 16.8 Å². The smallest absolute Gasteiger partial charge is 0.168 e. The van der Waals surface area contributed by atoms with Gasteiger partial charge in [0.15, 0.2) is 5.82 Å². The topological polar surface area (TPSA) is 66.0 Å². The second-order valence-electron chi connectivity index (χ2n) is 4.46. The van der Waals surface area contributed by atoms with Crippen molar-refractivity contribution in [2.75, 3.05) is 12.3 Å². The van der Waals surface area contributed by atoms with Gasteiger partial charge in [0.2, 0.25) is 0 Å². The van der Waals surface area contributed by atoms with E-state index in [2.05, 4.69) is 30.2 Å². The highest BCUT2D eigenvalue weighted by Crippen LogP contribution is 2.16. The fourth-order valence-electron chi connectivity index (χ4n) is 1.85. The number of aromatic nitrogens is 3. The van der Waals surface area contributed by atoms with Crippen LogP contribution in [0.25, 0.3) is 0 Å². The van der Waals surface area contributed by atoms with Crippen molar-refractivity contribution in [1.29, 1.82) is 0 Å². The monoisotopic (exact) mass is 246 g/mol. The number of nitrogen functional groups attached to an aromatic ring is 1. The molecule has 1 aromatic heterocycles. The number of benzene rings is 1. The summed E-state index contributed by atoms with van der Waals surface area (Å²) in [5.41, 5.74) is 8.90. The first kappa shape index (κ1) is 12.4. The van der Waals surface area contributed by atoms with E-state index < -0.39 is 0 Å². The van der Waals surface area contributed by atoms with E-state index in [0.29, 0.717) is 19.0 Å². The fraction of sp³-hybridized carbons (Fsp3) is 0.385. The van der Waals surface area contributed by atoms with Crippen LogP contribution in [0.4, 0.5) is 5.82 Å². The molecule has 1 heterocycles. The molecule has 0 saturated carbocycles. The molecule has 0 spiro atoms. The van der Waals surface area contributed by atoms with Gasteiger partial charge in [-0.3, -0.25) is 0 Å². The summed E-state index contributed by atoms with van der Waals surface area (Å²) in [5.74, 6) is 1.36. The van der Waals surface area contributed by atoms with E-state index in [0.717, 1.165) is 11.4 Å². The van der Waals surface area contributed by atoms with Crippen LogP contribution in [0.2, 0.25) is 0 Å². The number of hydrogen-bond donors (Lipinski definition) is 1. The SMILES string of the molecule is Cc1cc(C)cc(OCCn2nnc(N)c2C)c1. The molecule has 18 heavy (non-hydrogen) atoms. The van der Waals surface area contributed by atoms with Crippen LogP contribution in [0.3, 0.4) is 0 Å². The molecule has 2 N–H and O–H groups in total. The minimum atomic E-state index is 0.474. The molecule has 0 aliphatic rings. The molecule has 5 heteroatoms. The third kappa shape index (κ3) is 2.80. The summed E-state index contributed by atoms with van der Waals surface area (Å²) in [6.45, 7) is 7.20. The largest absolute Gasteiger partial charge is 0.492 e. The average molecular weight is 246 g/mol. The van der Waals surface area contributed by atoms with E-state index in [-0.39, 0.29) is 0 Å². The van der Waals surface area contributed by atoms with Gasteiger partial charge in [-0.2, -0.15) is 0 Å². The summed E-state index contributed by atoms with van der Waals surface area (Å²) in [4.78, 5) is 0. The first-order chi connectivity index (χ1) is 8.56. The van der Waals surface area contributed by atoms with Gasteiger partial charge in [0.25, 0.3) is 0 Å². The molecule has 0 aliphatic carbocycles. The summed E-state index contributed by atoms with van der Waals surface area (Å²) >= 11 is 0. The van der Waals surface area contributed by atoms with Crippen LogP contribution >= 0.6 is 0 Å². The van der Waals surface area contributed by atoms with Gasteiger partial charge < -0.3 is 10.5 Å². The molecule has 0 atom stereocenters. The zero-order valence-corrected chi connectivity index (χ0v) is 11.0. The third-order valence-corrected chi connectivity index (χ3v) is 2.79. The van der Waals surface area contributed by atoms with Gasteiger partial charge in [0.1, 0.15) is 12.4 Å². The van der Waals surface area contributed by atoms with Gasteiger partial charge >= 0.3 is 0 Å². The zero-order chi connectivity index (χ0) is 13.1. The Morgan fingerprint density at radius 2 is 1.83 bits per heavy atom. The number of hydrogen-bond acceptors (Lipinski definition) is 4. The summed E-state index contributed by atoms with van der Waals surface area (Å²) in [6.07, 6.45) is 0. The minimum Gasteiger partial charge on any atom is -0.492 e. The molecule has 5 nitrogen and oxygen atoms in total. The van der Waals surface area contributed by atoms with Crippen LogP contribution in [-0.4, -0.2) is 21.6 Å². The third-order valence-electron chi connectivity index (χ3n) is 2.79. The predicted octanol–water partition coefficient (Wildman–Crippen LogP) is 1.86. The molecule has 0 bridgehead atoms. The minimum absolute atomic E-state index is 0.474. The molecule has 2 rings (SSSR count). The van der Waals surface area contributed by atoms with Crippen molar-refractivity contribution in [2.45, 2.75) is 27.3 Å². The Morgan fingerprint density at radius 1 is 1.17 bits per heavy atom. The molecule has 0 amide bonds. The summed E-state index contributed by atoms with van der Waals surface area (Å²) in [5, 5.41) is 7.75. The second kappa shape index (κ2) is 5.08. The van der Waals surface area contributed by atoms with Crippen molar-refractivity contribution in [3.63, 3.8) is 0 Å². The summed E-state index contributed by atoms with van der Waals surface area (Å²) in [7, 11) is 0. The van der Waals surface area contributed by atoms with E-state index in [4.69, 9.17) is 10.5 Å². The molecule has 0 aliphatic heterocycles. The number of aryl methyl sites for hydroxylation is 2. The Bertz CT molecular complexity index is 528. The van der Waals surface area contributed by atoms with Crippen molar-refractivity contribution in [1.82, 2.24) is 15.0 Å². The number of nitrogens with two attached hydrogens (primary N) is 1. The van der Waals surface area contributed by atoms with Crippen molar-refractivity contribution in [3.8, 4) is 5.75 Å². The number of ether oxygens (including phenoxy) is 1. The lowest BCUT2D eigenvalue weighted by Gasteiger charge is -2.08. The van der Waals surface area contributed by atoms with Crippen molar-refractivity contribution in [2.24, 2.45) is 0 Å². The van der Waals surface area contributed by atoms with E-state index in [1.54, 1.807) is 4.68 Å². The lowest BCUT2D eigenvalue weighted by atomic mass is 10.1. The molecule has 0 fully saturated rings. The fourth-order valence-corrected chi connectivity index (χ4v) is 1.85. The van der Waals surface area contributed by atoms with Gasteiger partial charge in [0, 0.05) is 0 Å². The highest BCUT2D eigenvalue weighted by molar-refractivity contribution is 5.33. The van der Waals surface area contributed by atoms with Gasteiger partial charge in [-0.05, 0) is 44.0 Å². The normalized spacial score (nSPS) is 10.6. The molecular formula is C13H18N4O. The Labute approximate surface area is 107 Å². The Kier molecular flexibility index (Phi) is 3.50. The second-order valence-corrected chi connectivity index (χ2v) is 4.46. The van der Waals surface area contributed by atoms with Crippen molar-refractivity contribution in [3.05, 3.63) is 35.0 Å².